The number of rotatable bonds is 7. The summed E-state index contributed by atoms with van der Waals surface area (Å²) >= 11 is 0. The maximum Gasteiger partial charge on any atom is 0.126 e. The molecule has 0 unspecified atom stereocenters. The molecule has 0 atom stereocenters. The first-order valence-electron chi connectivity index (χ1n) is 7.22. The highest BCUT2D eigenvalue weighted by Crippen LogP contribution is 2.27. The van der Waals surface area contributed by atoms with E-state index in [0.717, 1.165) is 37.1 Å². The maximum atomic E-state index is 13.4. The summed E-state index contributed by atoms with van der Waals surface area (Å²) in [6.45, 7) is 12.3. The van der Waals surface area contributed by atoms with E-state index in [1.165, 1.54) is 0 Å². The first-order valence-corrected chi connectivity index (χ1v) is 7.22. The molecule has 1 aromatic rings. The molecule has 1 nitrogen and oxygen atoms in total. The largest absolute Gasteiger partial charge is 0.343 e. The third kappa shape index (κ3) is 4.09. The van der Waals surface area contributed by atoms with Crippen LogP contribution in [0.15, 0.2) is 30.5 Å². The molecule has 106 valence electrons. The Labute approximate surface area is 117 Å². The van der Waals surface area contributed by atoms with Crippen molar-refractivity contribution >= 4 is 5.69 Å². The van der Waals surface area contributed by atoms with Gasteiger partial charge in [-0.3, -0.25) is 0 Å². The van der Waals surface area contributed by atoms with Gasteiger partial charge in [0.1, 0.15) is 5.82 Å². The summed E-state index contributed by atoms with van der Waals surface area (Å²) in [5.74, 6) is -0.145. The van der Waals surface area contributed by atoms with E-state index in [-0.39, 0.29) is 5.82 Å². The van der Waals surface area contributed by atoms with Gasteiger partial charge in [0.05, 0.1) is 0 Å². The number of halogens is 1. The Balaban J connectivity index is 3.10. The van der Waals surface area contributed by atoms with Crippen LogP contribution in [0.2, 0.25) is 0 Å². The fraction of sp³-hybridized carbons (Fsp3) is 0.529. The lowest BCUT2D eigenvalue weighted by Crippen LogP contribution is -2.33. The van der Waals surface area contributed by atoms with Gasteiger partial charge in [0, 0.05) is 17.4 Å². The minimum absolute atomic E-state index is 0.145. The number of hydrogen-bond acceptors (Lipinski definition) is 1. The second-order valence-corrected chi connectivity index (χ2v) is 5.27. The topological polar surface area (TPSA) is 3.24 Å². The quantitative estimate of drug-likeness (QED) is 0.633. The monoisotopic (exact) mass is 263 g/mol. The van der Waals surface area contributed by atoms with Crippen molar-refractivity contribution in [2.75, 3.05) is 4.90 Å². The number of benzene rings is 1. The fourth-order valence-electron chi connectivity index (χ4n) is 2.59. The number of allylic oxidation sites excluding steroid dienone is 1. The molecule has 0 bridgehead atoms. The van der Waals surface area contributed by atoms with Crippen LogP contribution in [0.1, 0.15) is 52.0 Å². The van der Waals surface area contributed by atoms with Crippen LogP contribution < -0.4 is 4.90 Å². The van der Waals surface area contributed by atoms with Crippen molar-refractivity contribution in [2.24, 2.45) is 0 Å². The highest BCUT2D eigenvalue weighted by molar-refractivity contribution is 5.54. The molecule has 0 aliphatic carbocycles. The van der Waals surface area contributed by atoms with Gasteiger partial charge in [-0.25, -0.2) is 4.39 Å². The summed E-state index contributed by atoms with van der Waals surface area (Å²) in [7, 11) is 0. The first kappa shape index (κ1) is 15.7. The highest BCUT2D eigenvalue weighted by Gasteiger charge is 2.18. The van der Waals surface area contributed by atoms with Crippen LogP contribution in [0, 0.1) is 12.7 Å². The van der Waals surface area contributed by atoms with E-state index in [0.29, 0.717) is 11.6 Å². The van der Waals surface area contributed by atoms with Crippen molar-refractivity contribution in [1.82, 2.24) is 0 Å². The van der Waals surface area contributed by atoms with E-state index < -0.39 is 0 Å². The molecular weight excluding hydrogens is 237 g/mol. The van der Waals surface area contributed by atoms with E-state index in [1.807, 2.05) is 26.0 Å². The molecular formula is C17H26FN. The van der Waals surface area contributed by atoms with Gasteiger partial charge < -0.3 is 4.90 Å². The van der Waals surface area contributed by atoms with Crippen molar-refractivity contribution in [3.05, 3.63) is 41.9 Å². The van der Waals surface area contributed by atoms with Crippen LogP contribution in [-0.4, -0.2) is 6.04 Å². The second kappa shape index (κ2) is 7.32. The SMILES string of the molecule is C=C(C)N(c1ccc(F)c(C)c1)C(CCC)CCC. The predicted molar refractivity (Wildman–Crippen MR) is 82.0 cm³/mol. The number of anilines is 1. The van der Waals surface area contributed by atoms with E-state index in [1.54, 1.807) is 6.07 Å². The van der Waals surface area contributed by atoms with Crippen molar-refractivity contribution in [3.63, 3.8) is 0 Å². The first-order chi connectivity index (χ1) is 9.01. The van der Waals surface area contributed by atoms with E-state index in [4.69, 9.17) is 0 Å². The third-order valence-electron chi connectivity index (χ3n) is 3.44. The molecule has 0 heterocycles. The zero-order chi connectivity index (χ0) is 14.4. The third-order valence-corrected chi connectivity index (χ3v) is 3.44. The minimum atomic E-state index is -0.145. The molecule has 0 aliphatic rings. The van der Waals surface area contributed by atoms with Gasteiger partial charge in [0.15, 0.2) is 0 Å². The molecule has 0 aliphatic heterocycles. The molecule has 0 N–H and O–H groups in total. The molecule has 0 radical (unpaired) electrons. The van der Waals surface area contributed by atoms with Crippen LogP contribution in [0.3, 0.4) is 0 Å². The Morgan fingerprint density at radius 3 is 2.26 bits per heavy atom. The van der Waals surface area contributed by atoms with Crippen molar-refractivity contribution < 1.29 is 4.39 Å². The maximum absolute atomic E-state index is 13.4. The molecule has 0 fully saturated rings. The van der Waals surface area contributed by atoms with E-state index >= 15 is 0 Å². The van der Waals surface area contributed by atoms with E-state index in [9.17, 15) is 4.39 Å². The second-order valence-electron chi connectivity index (χ2n) is 5.27. The average molecular weight is 263 g/mol. The Kier molecular flexibility index (Phi) is 6.07. The van der Waals surface area contributed by atoms with Crippen molar-refractivity contribution in [2.45, 2.75) is 59.4 Å². The standard InChI is InChI=1S/C17H26FN/c1-6-8-15(9-7-2)19(13(3)4)16-10-11-17(18)14(5)12-16/h10-12,15H,3,6-9H2,1-2,4-5H3. The van der Waals surface area contributed by atoms with E-state index in [2.05, 4.69) is 25.3 Å². The molecule has 0 spiro atoms. The lowest BCUT2D eigenvalue weighted by Gasteiger charge is -2.34. The molecule has 0 saturated carbocycles. The summed E-state index contributed by atoms with van der Waals surface area (Å²) in [5, 5.41) is 0. The summed E-state index contributed by atoms with van der Waals surface area (Å²) in [5.41, 5.74) is 2.77. The number of aryl methyl sites for hydroxylation is 1. The highest BCUT2D eigenvalue weighted by atomic mass is 19.1. The smallest absolute Gasteiger partial charge is 0.126 e. The van der Waals surface area contributed by atoms with Crippen molar-refractivity contribution in [3.8, 4) is 0 Å². The van der Waals surface area contributed by atoms with Gasteiger partial charge in [-0.1, -0.05) is 33.3 Å². The Hall–Kier alpha value is -1.31. The molecule has 1 aromatic carbocycles. The molecule has 0 saturated heterocycles. The average Bonchev–Trinajstić information content (AvgIpc) is 2.34. The fourth-order valence-corrected chi connectivity index (χ4v) is 2.59. The van der Waals surface area contributed by atoms with Crippen LogP contribution in [0.4, 0.5) is 10.1 Å². The molecule has 0 aromatic heterocycles. The van der Waals surface area contributed by atoms with Gasteiger partial charge in [-0.05, 0) is 50.5 Å². The van der Waals surface area contributed by atoms with Gasteiger partial charge in [-0.2, -0.15) is 0 Å². The van der Waals surface area contributed by atoms with Gasteiger partial charge in [-0.15, -0.1) is 0 Å². The van der Waals surface area contributed by atoms with Crippen LogP contribution in [-0.2, 0) is 0 Å². The van der Waals surface area contributed by atoms with Crippen LogP contribution in [0.25, 0.3) is 0 Å². The molecule has 0 amide bonds. The molecule has 1 rings (SSSR count). The zero-order valence-corrected chi connectivity index (χ0v) is 12.7. The minimum Gasteiger partial charge on any atom is -0.343 e. The summed E-state index contributed by atoms with van der Waals surface area (Å²) in [6, 6.07) is 5.78. The Bertz CT molecular complexity index is 419. The summed E-state index contributed by atoms with van der Waals surface area (Å²) < 4.78 is 13.4. The van der Waals surface area contributed by atoms with Crippen LogP contribution in [0.5, 0.6) is 0 Å². The molecule has 2 heteroatoms. The van der Waals surface area contributed by atoms with Crippen molar-refractivity contribution in [1.29, 1.82) is 0 Å². The number of hydrogen-bond donors (Lipinski definition) is 0. The Morgan fingerprint density at radius 1 is 1.26 bits per heavy atom. The van der Waals surface area contributed by atoms with Gasteiger partial charge in [0.25, 0.3) is 0 Å². The molecule has 19 heavy (non-hydrogen) atoms. The summed E-state index contributed by atoms with van der Waals surface area (Å²) in [4.78, 5) is 2.26. The predicted octanol–water partition coefficient (Wildman–Crippen LogP) is 5.44. The van der Waals surface area contributed by atoms with Gasteiger partial charge in [0.2, 0.25) is 0 Å². The van der Waals surface area contributed by atoms with Crippen LogP contribution >= 0.6 is 0 Å². The van der Waals surface area contributed by atoms with Gasteiger partial charge >= 0.3 is 0 Å². The zero-order valence-electron chi connectivity index (χ0n) is 12.7. The normalized spacial score (nSPS) is 10.8. The Morgan fingerprint density at radius 2 is 1.84 bits per heavy atom. The lowest BCUT2D eigenvalue weighted by atomic mass is 10.0. The summed E-state index contributed by atoms with van der Waals surface area (Å²) in [6.07, 6.45) is 4.57. The lowest BCUT2D eigenvalue weighted by molar-refractivity contribution is 0.529. The number of nitrogens with zero attached hydrogens (tertiary/aromatic N) is 1.